The topological polar surface area (TPSA) is 94.6 Å². The van der Waals surface area contributed by atoms with Gasteiger partial charge in [-0.05, 0) is 36.4 Å². The first-order valence-electron chi connectivity index (χ1n) is 11.1. The Morgan fingerprint density at radius 3 is 2.45 bits per heavy atom. The van der Waals surface area contributed by atoms with Gasteiger partial charge in [0.15, 0.2) is 11.6 Å². The number of aromatic nitrogens is 3. The number of carbonyl (C=O) groups excluding carboxylic acids is 2. The molecule has 3 aromatic rings. The molecule has 2 aliphatic heterocycles. The first-order chi connectivity index (χ1) is 16.2. The number of anilines is 4. The fourth-order valence-electron chi connectivity index (χ4n) is 4.29. The van der Waals surface area contributed by atoms with Gasteiger partial charge in [-0.25, -0.2) is 0 Å². The molecule has 4 heterocycles. The minimum absolute atomic E-state index is 0.00782. The molecule has 0 bridgehead atoms. The molecule has 1 N–H and O–H groups in total. The number of hydrogen-bond acceptors (Lipinski definition) is 7. The highest BCUT2D eigenvalue weighted by Gasteiger charge is 2.38. The zero-order valence-corrected chi connectivity index (χ0v) is 18.2. The van der Waals surface area contributed by atoms with Gasteiger partial charge in [-0.1, -0.05) is 18.2 Å². The molecule has 0 saturated carbocycles. The lowest BCUT2D eigenvalue weighted by molar-refractivity contribution is -0.136. The highest BCUT2D eigenvalue weighted by molar-refractivity contribution is 6.00. The van der Waals surface area contributed by atoms with E-state index in [1.54, 1.807) is 17.3 Å². The van der Waals surface area contributed by atoms with Crippen LogP contribution in [0.4, 0.5) is 23.0 Å². The van der Waals surface area contributed by atoms with Crippen LogP contribution in [0.5, 0.6) is 0 Å². The smallest absolute Gasteiger partial charge is 0.228 e. The monoisotopic (exact) mass is 443 g/mol. The Bertz CT molecular complexity index is 1100. The number of amides is 2. The summed E-state index contributed by atoms with van der Waals surface area (Å²) in [5.41, 5.74) is 1.70. The number of carbonyl (C=O) groups is 2. The van der Waals surface area contributed by atoms with Crippen LogP contribution in [0, 0.1) is 5.92 Å². The molecule has 0 aliphatic carbocycles. The second-order valence-corrected chi connectivity index (χ2v) is 8.20. The standard InChI is InChI=1S/C24H25N7O2/c32-23-15-18(17-31(23)20-6-2-1-3-7-20)24(33)30-13-11-29(12-14-30)22-9-8-21(27-28-22)26-19-5-4-10-25-16-19/h1-10,16,18H,11-15,17H2,(H,26,27). The third-order valence-electron chi connectivity index (χ3n) is 6.04. The molecule has 2 amide bonds. The molecule has 1 aromatic carbocycles. The summed E-state index contributed by atoms with van der Waals surface area (Å²) in [4.78, 5) is 35.3. The minimum Gasteiger partial charge on any atom is -0.352 e. The maximum atomic E-state index is 13.1. The van der Waals surface area contributed by atoms with Crippen molar-refractivity contribution in [1.82, 2.24) is 20.1 Å². The van der Waals surface area contributed by atoms with Gasteiger partial charge >= 0.3 is 0 Å². The molecular weight excluding hydrogens is 418 g/mol. The van der Waals surface area contributed by atoms with E-state index in [9.17, 15) is 9.59 Å². The van der Waals surface area contributed by atoms with Crippen LogP contribution in [-0.4, -0.2) is 64.6 Å². The van der Waals surface area contributed by atoms with Crippen LogP contribution in [0.25, 0.3) is 0 Å². The second kappa shape index (κ2) is 9.23. The molecular formula is C24H25N7O2. The average Bonchev–Trinajstić information content (AvgIpc) is 3.27. The summed E-state index contributed by atoms with van der Waals surface area (Å²) in [6, 6.07) is 17.1. The largest absolute Gasteiger partial charge is 0.352 e. The summed E-state index contributed by atoms with van der Waals surface area (Å²) in [6.45, 7) is 3.01. The van der Waals surface area contributed by atoms with Crippen LogP contribution in [0.1, 0.15) is 6.42 Å². The van der Waals surface area contributed by atoms with Gasteiger partial charge in [0.1, 0.15) is 0 Å². The van der Waals surface area contributed by atoms with Crippen LogP contribution in [-0.2, 0) is 9.59 Å². The number of rotatable bonds is 5. The summed E-state index contributed by atoms with van der Waals surface area (Å²) in [7, 11) is 0. The number of nitrogens with zero attached hydrogens (tertiary/aromatic N) is 6. The van der Waals surface area contributed by atoms with Crippen LogP contribution < -0.4 is 15.1 Å². The van der Waals surface area contributed by atoms with Gasteiger partial charge in [-0.15, -0.1) is 10.2 Å². The highest BCUT2D eigenvalue weighted by Crippen LogP contribution is 2.27. The Labute approximate surface area is 192 Å². The fourth-order valence-corrected chi connectivity index (χ4v) is 4.29. The molecule has 1 unspecified atom stereocenters. The Balaban J connectivity index is 1.15. The van der Waals surface area contributed by atoms with Gasteiger partial charge in [-0.3, -0.25) is 14.6 Å². The molecule has 2 fully saturated rings. The Morgan fingerprint density at radius 2 is 1.76 bits per heavy atom. The van der Waals surface area contributed by atoms with Crippen LogP contribution in [0.2, 0.25) is 0 Å². The molecule has 0 spiro atoms. The molecule has 1 atom stereocenters. The zero-order valence-electron chi connectivity index (χ0n) is 18.2. The SMILES string of the molecule is O=C(C1CC(=O)N(c2ccccc2)C1)N1CCN(c2ccc(Nc3cccnc3)nn2)CC1. The van der Waals surface area contributed by atoms with E-state index in [1.165, 1.54) is 0 Å². The molecule has 9 nitrogen and oxygen atoms in total. The van der Waals surface area contributed by atoms with E-state index in [0.717, 1.165) is 17.2 Å². The lowest BCUT2D eigenvalue weighted by Gasteiger charge is -2.36. The van der Waals surface area contributed by atoms with Crippen LogP contribution >= 0.6 is 0 Å². The van der Waals surface area contributed by atoms with Gasteiger partial charge in [0.2, 0.25) is 11.8 Å². The van der Waals surface area contributed by atoms with Gasteiger partial charge in [0.25, 0.3) is 0 Å². The van der Waals surface area contributed by atoms with E-state index in [1.807, 2.05) is 59.5 Å². The minimum atomic E-state index is -0.290. The van der Waals surface area contributed by atoms with E-state index in [4.69, 9.17) is 0 Å². The fraction of sp³-hybridized carbons (Fsp3) is 0.292. The van der Waals surface area contributed by atoms with Gasteiger partial charge in [0, 0.05) is 51.0 Å². The summed E-state index contributed by atoms with van der Waals surface area (Å²) in [5, 5.41) is 11.8. The number of pyridine rings is 1. The van der Waals surface area contributed by atoms with Crippen LogP contribution in [0.3, 0.4) is 0 Å². The predicted octanol–water partition coefficient (Wildman–Crippen LogP) is 2.32. The molecule has 33 heavy (non-hydrogen) atoms. The van der Waals surface area contributed by atoms with Crippen molar-refractivity contribution in [1.29, 1.82) is 0 Å². The van der Waals surface area contributed by atoms with Crippen LogP contribution in [0.15, 0.2) is 67.0 Å². The van der Waals surface area contributed by atoms with Crippen molar-refractivity contribution in [3.8, 4) is 0 Å². The number of piperazine rings is 1. The highest BCUT2D eigenvalue weighted by atomic mass is 16.2. The Kier molecular flexibility index (Phi) is 5.84. The number of para-hydroxylation sites is 1. The molecule has 5 rings (SSSR count). The first-order valence-corrected chi connectivity index (χ1v) is 11.1. The summed E-state index contributed by atoms with van der Waals surface area (Å²) < 4.78 is 0. The van der Waals surface area contributed by atoms with E-state index in [2.05, 4.69) is 25.4 Å². The number of nitrogens with one attached hydrogen (secondary N) is 1. The predicted molar refractivity (Wildman–Crippen MR) is 125 cm³/mol. The van der Waals surface area contributed by atoms with E-state index < -0.39 is 0 Å². The third-order valence-corrected chi connectivity index (χ3v) is 6.04. The van der Waals surface area contributed by atoms with E-state index in [0.29, 0.717) is 38.5 Å². The molecule has 2 aromatic heterocycles. The van der Waals surface area contributed by atoms with Crippen molar-refractivity contribution >= 4 is 34.8 Å². The van der Waals surface area contributed by atoms with Crippen molar-refractivity contribution in [3.05, 3.63) is 67.0 Å². The van der Waals surface area contributed by atoms with Crippen molar-refractivity contribution in [2.45, 2.75) is 6.42 Å². The maximum Gasteiger partial charge on any atom is 0.228 e. The first kappa shape index (κ1) is 20.9. The van der Waals surface area contributed by atoms with Crippen molar-refractivity contribution in [2.24, 2.45) is 5.92 Å². The zero-order chi connectivity index (χ0) is 22.6. The molecule has 9 heteroatoms. The average molecular weight is 444 g/mol. The normalized spacial score (nSPS) is 18.5. The molecule has 2 saturated heterocycles. The Hall–Kier alpha value is -4.01. The van der Waals surface area contributed by atoms with Crippen molar-refractivity contribution in [2.75, 3.05) is 47.8 Å². The van der Waals surface area contributed by atoms with Gasteiger partial charge in [0.05, 0.1) is 17.8 Å². The second-order valence-electron chi connectivity index (χ2n) is 8.20. The van der Waals surface area contributed by atoms with Crippen molar-refractivity contribution in [3.63, 3.8) is 0 Å². The number of benzene rings is 1. The Morgan fingerprint density at radius 1 is 0.939 bits per heavy atom. The summed E-state index contributed by atoms with van der Waals surface area (Å²) in [6.07, 6.45) is 3.71. The van der Waals surface area contributed by atoms with Crippen molar-refractivity contribution < 1.29 is 9.59 Å². The summed E-state index contributed by atoms with van der Waals surface area (Å²) in [5.74, 6) is 1.21. The van der Waals surface area contributed by atoms with Gasteiger partial charge in [-0.2, -0.15) is 0 Å². The van der Waals surface area contributed by atoms with E-state index in [-0.39, 0.29) is 24.2 Å². The summed E-state index contributed by atoms with van der Waals surface area (Å²) >= 11 is 0. The van der Waals surface area contributed by atoms with E-state index >= 15 is 0 Å². The lowest BCUT2D eigenvalue weighted by Crippen LogP contribution is -2.51. The quantitative estimate of drug-likeness (QED) is 0.647. The maximum absolute atomic E-state index is 13.1. The van der Waals surface area contributed by atoms with Gasteiger partial charge < -0.3 is 20.0 Å². The molecule has 0 radical (unpaired) electrons. The molecule has 2 aliphatic rings. The number of hydrogen-bond donors (Lipinski definition) is 1. The lowest BCUT2D eigenvalue weighted by atomic mass is 10.1. The molecule has 168 valence electrons. The third kappa shape index (κ3) is 4.62.